The van der Waals surface area contributed by atoms with Crippen LogP contribution in [-0.4, -0.2) is 17.6 Å². The predicted octanol–water partition coefficient (Wildman–Crippen LogP) is 3.48. The Balaban J connectivity index is 1.63. The standard InChI is InChI=1S/C18H14FNO3/c19-18-4-2-12(9-20-18)14-5-13(6-15(21)7-14)11-1-3-16-17(8-11)23-10-22-16/h1-4,7-9,13H,5-6,10H2. The number of ketones is 1. The molecular weight excluding hydrogens is 297 g/mol. The smallest absolute Gasteiger partial charge is 0.231 e. The second-order valence-electron chi connectivity index (χ2n) is 5.72. The summed E-state index contributed by atoms with van der Waals surface area (Å²) in [7, 11) is 0. The Labute approximate surface area is 132 Å². The molecule has 23 heavy (non-hydrogen) atoms. The van der Waals surface area contributed by atoms with Gasteiger partial charge in [0.2, 0.25) is 12.7 Å². The van der Waals surface area contributed by atoms with Crippen molar-refractivity contribution < 1.29 is 18.7 Å². The zero-order valence-electron chi connectivity index (χ0n) is 12.3. The average molecular weight is 311 g/mol. The normalized spacial score (nSPS) is 19.6. The van der Waals surface area contributed by atoms with Crippen molar-refractivity contribution in [3.8, 4) is 11.5 Å². The highest BCUT2D eigenvalue weighted by Gasteiger charge is 2.25. The highest BCUT2D eigenvalue weighted by Crippen LogP contribution is 2.40. The van der Waals surface area contributed by atoms with E-state index in [1.165, 1.54) is 12.3 Å². The van der Waals surface area contributed by atoms with Gasteiger partial charge < -0.3 is 9.47 Å². The minimum atomic E-state index is -0.524. The molecule has 0 amide bonds. The van der Waals surface area contributed by atoms with Crippen LogP contribution in [0.2, 0.25) is 0 Å². The maximum atomic E-state index is 13.0. The number of carbonyl (C=O) groups excluding carboxylic acids is 1. The van der Waals surface area contributed by atoms with Gasteiger partial charge in [-0.15, -0.1) is 0 Å². The molecule has 1 aromatic carbocycles. The molecule has 2 heterocycles. The highest BCUT2D eigenvalue weighted by atomic mass is 19.1. The van der Waals surface area contributed by atoms with E-state index < -0.39 is 5.95 Å². The summed E-state index contributed by atoms with van der Waals surface area (Å²) in [6.45, 7) is 0.231. The van der Waals surface area contributed by atoms with Crippen LogP contribution in [0.15, 0.2) is 42.6 Å². The predicted molar refractivity (Wildman–Crippen MR) is 81.7 cm³/mol. The van der Waals surface area contributed by atoms with Crippen molar-refractivity contribution in [2.75, 3.05) is 6.79 Å². The molecule has 0 spiro atoms. The summed E-state index contributed by atoms with van der Waals surface area (Å²) in [6.07, 6.45) is 4.27. The number of rotatable bonds is 2. The van der Waals surface area contributed by atoms with Gasteiger partial charge in [0, 0.05) is 12.6 Å². The van der Waals surface area contributed by atoms with E-state index in [1.54, 1.807) is 12.1 Å². The maximum absolute atomic E-state index is 13.0. The van der Waals surface area contributed by atoms with E-state index in [4.69, 9.17) is 9.47 Å². The number of hydrogen-bond donors (Lipinski definition) is 0. The first kappa shape index (κ1) is 13.9. The third kappa shape index (κ3) is 2.70. The van der Waals surface area contributed by atoms with Crippen LogP contribution in [-0.2, 0) is 4.79 Å². The molecule has 5 heteroatoms. The Morgan fingerprint density at radius 2 is 1.96 bits per heavy atom. The molecule has 0 saturated carbocycles. The molecule has 1 aromatic heterocycles. The summed E-state index contributed by atoms with van der Waals surface area (Å²) < 4.78 is 23.7. The Hall–Kier alpha value is -2.69. The second kappa shape index (κ2) is 5.50. The van der Waals surface area contributed by atoms with Gasteiger partial charge in [0.15, 0.2) is 17.3 Å². The SMILES string of the molecule is O=C1C=C(c2ccc(F)nc2)CC(c2ccc3c(c2)OCO3)C1. The third-order valence-electron chi connectivity index (χ3n) is 4.22. The molecule has 0 bridgehead atoms. The van der Waals surface area contributed by atoms with Crippen molar-refractivity contribution >= 4 is 11.4 Å². The van der Waals surface area contributed by atoms with Gasteiger partial charge in [0.1, 0.15) is 0 Å². The molecule has 1 unspecified atom stereocenters. The molecule has 0 fully saturated rings. The van der Waals surface area contributed by atoms with E-state index in [-0.39, 0.29) is 18.5 Å². The number of aromatic nitrogens is 1. The van der Waals surface area contributed by atoms with Crippen LogP contribution >= 0.6 is 0 Å². The van der Waals surface area contributed by atoms with Gasteiger partial charge >= 0.3 is 0 Å². The largest absolute Gasteiger partial charge is 0.454 e. The van der Waals surface area contributed by atoms with Crippen molar-refractivity contribution in [2.45, 2.75) is 18.8 Å². The summed E-state index contributed by atoms with van der Waals surface area (Å²) in [4.78, 5) is 15.8. The number of halogens is 1. The fourth-order valence-electron chi connectivity index (χ4n) is 3.06. The lowest BCUT2D eigenvalue weighted by molar-refractivity contribution is -0.115. The van der Waals surface area contributed by atoms with Crippen LogP contribution in [0.25, 0.3) is 5.57 Å². The van der Waals surface area contributed by atoms with E-state index >= 15 is 0 Å². The van der Waals surface area contributed by atoms with Gasteiger partial charge in [0.05, 0.1) is 0 Å². The first-order valence-electron chi connectivity index (χ1n) is 7.44. The van der Waals surface area contributed by atoms with Crippen molar-refractivity contribution in [1.29, 1.82) is 0 Å². The van der Waals surface area contributed by atoms with E-state index in [0.29, 0.717) is 12.8 Å². The highest BCUT2D eigenvalue weighted by molar-refractivity contribution is 5.99. The first-order chi connectivity index (χ1) is 11.2. The molecular formula is C18H14FNO3. The van der Waals surface area contributed by atoms with Crippen LogP contribution in [0, 0.1) is 5.95 Å². The summed E-state index contributed by atoms with van der Waals surface area (Å²) >= 11 is 0. The van der Waals surface area contributed by atoms with E-state index in [9.17, 15) is 9.18 Å². The molecule has 4 rings (SSSR count). The van der Waals surface area contributed by atoms with Gasteiger partial charge in [-0.25, -0.2) is 4.98 Å². The number of benzene rings is 1. The topological polar surface area (TPSA) is 48.4 Å². The zero-order chi connectivity index (χ0) is 15.8. The molecule has 1 aliphatic carbocycles. The van der Waals surface area contributed by atoms with E-state index in [2.05, 4.69) is 4.98 Å². The molecule has 1 atom stereocenters. The summed E-state index contributed by atoms with van der Waals surface area (Å²) in [5.41, 5.74) is 2.71. The number of nitrogens with zero attached hydrogens (tertiary/aromatic N) is 1. The molecule has 0 N–H and O–H groups in total. The van der Waals surface area contributed by atoms with Crippen LogP contribution in [0.4, 0.5) is 4.39 Å². The lowest BCUT2D eigenvalue weighted by atomic mass is 9.81. The zero-order valence-corrected chi connectivity index (χ0v) is 12.3. The Kier molecular flexibility index (Phi) is 3.33. The Morgan fingerprint density at radius 1 is 1.09 bits per heavy atom. The molecule has 0 saturated heterocycles. The summed E-state index contributed by atoms with van der Waals surface area (Å²) in [6, 6.07) is 8.75. The summed E-state index contributed by atoms with van der Waals surface area (Å²) in [5, 5.41) is 0. The van der Waals surface area contributed by atoms with Crippen molar-refractivity contribution in [3.63, 3.8) is 0 Å². The van der Waals surface area contributed by atoms with Gasteiger partial charge in [-0.2, -0.15) is 4.39 Å². The Bertz CT molecular complexity index is 798. The monoisotopic (exact) mass is 311 g/mol. The van der Waals surface area contributed by atoms with Crippen molar-refractivity contribution in [2.24, 2.45) is 0 Å². The number of allylic oxidation sites excluding steroid dienone is 2. The molecule has 2 aromatic rings. The number of pyridine rings is 1. The molecule has 2 aliphatic rings. The quantitative estimate of drug-likeness (QED) is 0.797. The molecule has 116 valence electrons. The number of hydrogen-bond acceptors (Lipinski definition) is 4. The van der Waals surface area contributed by atoms with Crippen molar-refractivity contribution in [1.82, 2.24) is 4.98 Å². The fraction of sp³-hybridized carbons (Fsp3) is 0.222. The Morgan fingerprint density at radius 3 is 2.78 bits per heavy atom. The van der Waals surface area contributed by atoms with Crippen molar-refractivity contribution in [3.05, 3.63) is 59.7 Å². The third-order valence-corrected chi connectivity index (χ3v) is 4.22. The van der Waals surface area contributed by atoms with Crippen LogP contribution < -0.4 is 9.47 Å². The van der Waals surface area contributed by atoms with Gasteiger partial charge in [-0.1, -0.05) is 6.07 Å². The summed E-state index contributed by atoms with van der Waals surface area (Å²) in [5.74, 6) is 1.06. The first-order valence-corrected chi connectivity index (χ1v) is 7.44. The maximum Gasteiger partial charge on any atom is 0.231 e. The molecule has 4 nitrogen and oxygen atoms in total. The van der Waals surface area contributed by atoms with Gasteiger partial charge in [-0.3, -0.25) is 4.79 Å². The number of carbonyl (C=O) groups is 1. The van der Waals surface area contributed by atoms with E-state index in [0.717, 1.165) is 28.2 Å². The minimum absolute atomic E-state index is 0.0678. The molecule has 1 aliphatic heterocycles. The van der Waals surface area contributed by atoms with Crippen LogP contribution in [0.1, 0.15) is 29.9 Å². The van der Waals surface area contributed by atoms with E-state index in [1.807, 2.05) is 18.2 Å². The number of fused-ring (bicyclic) bond motifs is 1. The fourth-order valence-corrected chi connectivity index (χ4v) is 3.06. The lowest BCUT2D eigenvalue weighted by Crippen LogP contribution is -2.12. The molecule has 0 radical (unpaired) electrons. The van der Waals surface area contributed by atoms with Crippen LogP contribution in [0.3, 0.4) is 0 Å². The van der Waals surface area contributed by atoms with Gasteiger partial charge in [-0.05, 0) is 59.4 Å². The lowest BCUT2D eigenvalue weighted by Gasteiger charge is -2.22. The van der Waals surface area contributed by atoms with Crippen LogP contribution in [0.5, 0.6) is 11.5 Å². The minimum Gasteiger partial charge on any atom is -0.454 e. The number of ether oxygens (including phenoxy) is 2. The second-order valence-corrected chi connectivity index (χ2v) is 5.72. The average Bonchev–Trinajstić information content (AvgIpc) is 3.02. The van der Waals surface area contributed by atoms with Gasteiger partial charge in [0.25, 0.3) is 0 Å².